The predicted molar refractivity (Wildman–Crippen MR) is 77.5 cm³/mol. The van der Waals surface area contributed by atoms with Crippen LogP contribution in [0.2, 0.25) is 0 Å². The van der Waals surface area contributed by atoms with E-state index in [9.17, 15) is 4.79 Å². The molecule has 0 saturated carbocycles. The van der Waals surface area contributed by atoms with Crippen molar-refractivity contribution in [1.82, 2.24) is 10.3 Å². The van der Waals surface area contributed by atoms with E-state index in [-0.39, 0.29) is 11.3 Å². The minimum atomic E-state index is 0.0911. The van der Waals surface area contributed by atoms with Crippen molar-refractivity contribution in [1.29, 1.82) is 0 Å². The molecule has 0 aliphatic rings. The van der Waals surface area contributed by atoms with Gasteiger partial charge in [-0.25, -0.2) is 0 Å². The van der Waals surface area contributed by atoms with E-state index in [4.69, 9.17) is 5.73 Å². The molecule has 0 fully saturated rings. The van der Waals surface area contributed by atoms with Crippen LogP contribution in [0.15, 0.2) is 18.5 Å². The summed E-state index contributed by atoms with van der Waals surface area (Å²) in [5, 5.41) is 2.94. The average Bonchev–Trinajstić information content (AvgIpc) is 2.35. The summed E-state index contributed by atoms with van der Waals surface area (Å²) in [6, 6.07) is 1.95. The first kappa shape index (κ1) is 15.6. The van der Waals surface area contributed by atoms with Gasteiger partial charge in [0.2, 0.25) is 5.91 Å². The first-order valence-corrected chi connectivity index (χ1v) is 6.81. The van der Waals surface area contributed by atoms with Crippen molar-refractivity contribution in [3.8, 4) is 0 Å². The number of nitrogens with zero attached hydrogens (tertiary/aromatic N) is 1. The monoisotopic (exact) mass is 263 g/mol. The molecule has 0 radical (unpaired) electrons. The van der Waals surface area contributed by atoms with Gasteiger partial charge in [-0.1, -0.05) is 13.8 Å². The van der Waals surface area contributed by atoms with Crippen molar-refractivity contribution < 1.29 is 4.79 Å². The fourth-order valence-electron chi connectivity index (χ4n) is 1.93. The Kier molecular flexibility index (Phi) is 5.96. The zero-order valence-corrected chi connectivity index (χ0v) is 12.2. The number of amides is 1. The van der Waals surface area contributed by atoms with E-state index in [1.807, 2.05) is 13.0 Å². The van der Waals surface area contributed by atoms with Gasteiger partial charge >= 0.3 is 0 Å². The average molecular weight is 263 g/mol. The second-order valence-corrected chi connectivity index (χ2v) is 5.78. The molecule has 0 bridgehead atoms. The van der Waals surface area contributed by atoms with Crippen molar-refractivity contribution in [3.05, 3.63) is 29.6 Å². The zero-order valence-electron chi connectivity index (χ0n) is 12.2. The van der Waals surface area contributed by atoms with Crippen molar-refractivity contribution in [2.75, 3.05) is 6.54 Å². The Morgan fingerprint density at radius 1 is 1.42 bits per heavy atom. The molecule has 1 amide bonds. The fourth-order valence-corrected chi connectivity index (χ4v) is 1.93. The Labute approximate surface area is 115 Å². The molecule has 1 heterocycles. The third-order valence-electron chi connectivity index (χ3n) is 3.47. The third kappa shape index (κ3) is 5.83. The van der Waals surface area contributed by atoms with Gasteiger partial charge in [0, 0.05) is 25.4 Å². The lowest BCUT2D eigenvalue weighted by molar-refractivity contribution is -0.121. The van der Waals surface area contributed by atoms with E-state index in [1.54, 1.807) is 12.4 Å². The molecule has 0 atom stereocenters. The molecule has 1 rings (SSSR count). The molecule has 0 aliphatic carbocycles. The van der Waals surface area contributed by atoms with E-state index in [0.717, 1.165) is 24.0 Å². The van der Waals surface area contributed by atoms with Gasteiger partial charge in [0.25, 0.3) is 0 Å². The standard InChI is InChI=1S/C15H25N3O/c1-12-5-9-17-10-13(12)11-18-14(19)4-6-15(2,3)7-8-16/h5,9-10H,4,6-8,11,16H2,1-3H3,(H,18,19). The van der Waals surface area contributed by atoms with Crippen LogP contribution in [0, 0.1) is 12.3 Å². The molecule has 4 heteroatoms. The summed E-state index contributed by atoms with van der Waals surface area (Å²) in [4.78, 5) is 15.9. The Bertz CT molecular complexity index is 416. The maximum Gasteiger partial charge on any atom is 0.220 e. The van der Waals surface area contributed by atoms with Crippen LogP contribution in [0.4, 0.5) is 0 Å². The molecule has 4 nitrogen and oxygen atoms in total. The molecule has 0 aromatic carbocycles. The lowest BCUT2D eigenvalue weighted by Gasteiger charge is -2.23. The predicted octanol–water partition coefficient (Wildman–Crippen LogP) is 2.16. The smallest absolute Gasteiger partial charge is 0.220 e. The maximum absolute atomic E-state index is 11.8. The minimum absolute atomic E-state index is 0.0911. The maximum atomic E-state index is 11.8. The Hall–Kier alpha value is -1.42. The Balaban J connectivity index is 2.35. The SMILES string of the molecule is Cc1ccncc1CNC(=O)CCC(C)(C)CCN. The van der Waals surface area contributed by atoms with Gasteiger partial charge in [0.05, 0.1) is 0 Å². The van der Waals surface area contributed by atoms with Gasteiger partial charge in [0.15, 0.2) is 0 Å². The molecule has 106 valence electrons. The number of aryl methyl sites for hydroxylation is 1. The number of hydrogen-bond acceptors (Lipinski definition) is 3. The summed E-state index contributed by atoms with van der Waals surface area (Å²) in [6.07, 6.45) is 5.92. The molecule has 0 spiro atoms. The van der Waals surface area contributed by atoms with Gasteiger partial charge in [0.1, 0.15) is 0 Å². The highest BCUT2D eigenvalue weighted by Gasteiger charge is 2.18. The molecule has 0 aliphatic heterocycles. The molecule has 3 N–H and O–H groups in total. The number of aromatic nitrogens is 1. The molecule has 19 heavy (non-hydrogen) atoms. The summed E-state index contributed by atoms with van der Waals surface area (Å²) in [5.41, 5.74) is 7.92. The van der Waals surface area contributed by atoms with Crippen LogP contribution in [0.3, 0.4) is 0 Å². The number of rotatable bonds is 7. The number of pyridine rings is 1. The molecular weight excluding hydrogens is 238 g/mol. The van der Waals surface area contributed by atoms with Crippen LogP contribution in [0.25, 0.3) is 0 Å². The largest absolute Gasteiger partial charge is 0.352 e. The van der Waals surface area contributed by atoms with Crippen molar-refractivity contribution in [2.45, 2.75) is 46.6 Å². The van der Waals surface area contributed by atoms with Crippen LogP contribution in [0.5, 0.6) is 0 Å². The van der Waals surface area contributed by atoms with Crippen molar-refractivity contribution in [3.63, 3.8) is 0 Å². The highest BCUT2D eigenvalue weighted by molar-refractivity contribution is 5.75. The summed E-state index contributed by atoms with van der Waals surface area (Å²) in [5.74, 6) is 0.0911. The first-order valence-electron chi connectivity index (χ1n) is 6.81. The minimum Gasteiger partial charge on any atom is -0.352 e. The van der Waals surface area contributed by atoms with Gasteiger partial charge in [-0.3, -0.25) is 9.78 Å². The highest BCUT2D eigenvalue weighted by Crippen LogP contribution is 2.25. The van der Waals surface area contributed by atoms with E-state index >= 15 is 0 Å². The van der Waals surface area contributed by atoms with Crippen LogP contribution < -0.4 is 11.1 Å². The summed E-state index contributed by atoms with van der Waals surface area (Å²) in [7, 11) is 0. The van der Waals surface area contributed by atoms with Gasteiger partial charge in [-0.2, -0.15) is 0 Å². The summed E-state index contributed by atoms with van der Waals surface area (Å²) in [6.45, 7) is 7.55. The second-order valence-electron chi connectivity index (χ2n) is 5.78. The molecule has 1 aromatic heterocycles. The van der Waals surface area contributed by atoms with E-state index in [0.29, 0.717) is 19.5 Å². The topological polar surface area (TPSA) is 68.0 Å². The quantitative estimate of drug-likeness (QED) is 0.792. The van der Waals surface area contributed by atoms with Crippen LogP contribution in [0.1, 0.15) is 44.2 Å². The Morgan fingerprint density at radius 3 is 2.79 bits per heavy atom. The van der Waals surface area contributed by atoms with Crippen LogP contribution >= 0.6 is 0 Å². The highest BCUT2D eigenvalue weighted by atomic mass is 16.1. The summed E-state index contributed by atoms with van der Waals surface area (Å²) < 4.78 is 0. The number of nitrogens with one attached hydrogen (secondary N) is 1. The van der Waals surface area contributed by atoms with Gasteiger partial charge < -0.3 is 11.1 Å². The summed E-state index contributed by atoms with van der Waals surface area (Å²) >= 11 is 0. The molecule has 1 aromatic rings. The zero-order chi connectivity index (χ0) is 14.3. The third-order valence-corrected chi connectivity index (χ3v) is 3.47. The first-order chi connectivity index (χ1) is 8.94. The van der Waals surface area contributed by atoms with Crippen molar-refractivity contribution in [2.24, 2.45) is 11.1 Å². The second kappa shape index (κ2) is 7.24. The van der Waals surface area contributed by atoms with E-state index in [2.05, 4.69) is 24.1 Å². The lowest BCUT2D eigenvalue weighted by atomic mass is 9.84. The molecule has 0 saturated heterocycles. The van der Waals surface area contributed by atoms with E-state index in [1.165, 1.54) is 0 Å². The molecule has 0 unspecified atom stereocenters. The Morgan fingerprint density at radius 2 is 2.16 bits per heavy atom. The number of nitrogens with two attached hydrogens (primary N) is 1. The van der Waals surface area contributed by atoms with E-state index < -0.39 is 0 Å². The number of hydrogen-bond donors (Lipinski definition) is 2. The number of carbonyl (C=O) groups is 1. The normalized spacial score (nSPS) is 11.4. The molecular formula is C15H25N3O. The fraction of sp³-hybridized carbons (Fsp3) is 0.600. The van der Waals surface area contributed by atoms with Gasteiger partial charge in [-0.15, -0.1) is 0 Å². The van der Waals surface area contributed by atoms with Crippen LogP contribution in [-0.4, -0.2) is 17.4 Å². The number of carbonyl (C=O) groups excluding carboxylic acids is 1. The lowest BCUT2D eigenvalue weighted by Crippen LogP contribution is -2.26. The van der Waals surface area contributed by atoms with Crippen LogP contribution in [-0.2, 0) is 11.3 Å². The van der Waals surface area contributed by atoms with Crippen molar-refractivity contribution >= 4 is 5.91 Å². The van der Waals surface area contributed by atoms with Gasteiger partial charge in [-0.05, 0) is 48.9 Å².